The summed E-state index contributed by atoms with van der Waals surface area (Å²) < 4.78 is 0. The molecule has 5 heteroatoms. The van der Waals surface area contributed by atoms with Crippen LogP contribution in [0.1, 0.15) is 35.3 Å². The van der Waals surface area contributed by atoms with Crippen molar-refractivity contribution in [3.05, 3.63) is 16.0 Å². The monoisotopic (exact) mass is 274 g/mol. The smallest absolute Gasteiger partial charge is 0.226 e. The number of nitrogens with two attached hydrogens (primary N) is 1. The Morgan fingerprint density at radius 1 is 1.41 bits per heavy atom. The van der Waals surface area contributed by atoms with E-state index in [0.717, 1.165) is 5.00 Å². The maximum absolute atomic E-state index is 11.5. The van der Waals surface area contributed by atoms with Crippen LogP contribution in [0.4, 0.5) is 5.00 Å². The van der Waals surface area contributed by atoms with Crippen molar-refractivity contribution in [2.45, 2.75) is 39.0 Å². The zero-order chi connectivity index (χ0) is 11.5. The summed E-state index contributed by atoms with van der Waals surface area (Å²) >= 11 is 1.74. The van der Waals surface area contributed by atoms with E-state index >= 15 is 0 Å². The van der Waals surface area contributed by atoms with Crippen molar-refractivity contribution in [3.63, 3.8) is 0 Å². The molecule has 1 aromatic heterocycles. The van der Waals surface area contributed by atoms with Crippen molar-refractivity contribution in [2.24, 2.45) is 5.73 Å². The molecule has 0 bridgehead atoms. The van der Waals surface area contributed by atoms with Crippen molar-refractivity contribution in [3.8, 4) is 0 Å². The summed E-state index contributed by atoms with van der Waals surface area (Å²) in [5, 5.41) is 4.00. The van der Waals surface area contributed by atoms with Crippen LogP contribution in [0.15, 0.2) is 0 Å². The molecule has 3 nitrogen and oxygen atoms in total. The molecule has 17 heavy (non-hydrogen) atoms. The molecular formula is C12H19ClN2OS. The Morgan fingerprint density at radius 3 is 2.76 bits per heavy atom. The maximum Gasteiger partial charge on any atom is 0.226 e. The van der Waals surface area contributed by atoms with Crippen LogP contribution in [-0.2, 0) is 17.6 Å². The number of nitrogens with one attached hydrogen (secondary N) is 1. The van der Waals surface area contributed by atoms with Crippen molar-refractivity contribution in [1.29, 1.82) is 0 Å². The summed E-state index contributed by atoms with van der Waals surface area (Å²) in [6, 6.07) is 0. The number of anilines is 1. The highest BCUT2D eigenvalue weighted by molar-refractivity contribution is 7.16. The van der Waals surface area contributed by atoms with E-state index in [2.05, 4.69) is 12.2 Å². The zero-order valence-corrected chi connectivity index (χ0v) is 11.7. The van der Waals surface area contributed by atoms with E-state index < -0.39 is 0 Å². The third-order valence-electron chi connectivity index (χ3n) is 3.06. The predicted octanol–water partition coefficient (Wildman–Crippen LogP) is 2.64. The minimum absolute atomic E-state index is 0. The Labute approximate surface area is 112 Å². The standard InChI is InChI=1S/C12H18N2OS.ClH/c1-8-9-4-2-3-5-10(9)16-12(8)14-11(15)6-7-13;/h2-7,13H2,1H3,(H,14,15);1H. The summed E-state index contributed by atoms with van der Waals surface area (Å²) in [4.78, 5) is 13.0. The van der Waals surface area contributed by atoms with E-state index in [1.807, 2.05) is 0 Å². The van der Waals surface area contributed by atoms with Crippen molar-refractivity contribution in [1.82, 2.24) is 0 Å². The molecule has 3 N–H and O–H groups in total. The predicted molar refractivity (Wildman–Crippen MR) is 75.2 cm³/mol. The van der Waals surface area contributed by atoms with Crippen molar-refractivity contribution < 1.29 is 4.79 Å². The second-order valence-corrected chi connectivity index (χ2v) is 5.36. The van der Waals surface area contributed by atoms with E-state index in [1.165, 1.54) is 41.7 Å². The highest BCUT2D eigenvalue weighted by atomic mass is 35.5. The largest absolute Gasteiger partial charge is 0.330 e. The van der Waals surface area contributed by atoms with E-state index in [-0.39, 0.29) is 18.3 Å². The van der Waals surface area contributed by atoms with Gasteiger partial charge in [-0.3, -0.25) is 4.79 Å². The van der Waals surface area contributed by atoms with Gasteiger partial charge in [-0.2, -0.15) is 0 Å². The van der Waals surface area contributed by atoms with Gasteiger partial charge in [0, 0.05) is 17.8 Å². The summed E-state index contributed by atoms with van der Waals surface area (Å²) in [5.74, 6) is 0.0317. The van der Waals surface area contributed by atoms with Crippen LogP contribution >= 0.6 is 23.7 Å². The number of thiophene rings is 1. The molecular weight excluding hydrogens is 256 g/mol. The highest BCUT2D eigenvalue weighted by Gasteiger charge is 2.18. The van der Waals surface area contributed by atoms with E-state index in [9.17, 15) is 4.79 Å². The molecule has 1 aliphatic rings. The van der Waals surface area contributed by atoms with Crippen LogP contribution in [-0.4, -0.2) is 12.5 Å². The van der Waals surface area contributed by atoms with Gasteiger partial charge in [-0.1, -0.05) is 0 Å². The average Bonchev–Trinajstić information content (AvgIpc) is 2.57. The molecule has 0 fully saturated rings. The fourth-order valence-electron chi connectivity index (χ4n) is 2.16. The maximum atomic E-state index is 11.5. The molecule has 1 aromatic rings. The average molecular weight is 275 g/mol. The molecule has 0 saturated heterocycles. The zero-order valence-electron chi connectivity index (χ0n) is 10.0. The van der Waals surface area contributed by atoms with E-state index in [4.69, 9.17) is 5.73 Å². The van der Waals surface area contributed by atoms with Crippen LogP contribution in [0.5, 0.6) is 0 Å². The Balaban J connectivity index is 0.00000144. The molecule has 1 heterocycles. The molecule has 0 aliphatic heterocycles. The van der Waals surface area contributed by atoms with Gasteiger partial charge >= 0.3 is 0 Å². The summed E-state index contributed by atoms with van der Waals surface area (Å²) in [6.07, 6.45) is 5.31. The third kappa shape index (κ3) is 3.21. The van der Waals surface area contributed by atoms with Crippen LogP contribution in [0.2, 0.25) is 0 Å². The van der Waals surface area contributed by atoms with Gasteiger partial charge in [0.05, 0.1) is 5.00 Å². The Hall–Kier alpha value is -0.580. The molecule has 0 saturated carbocycles. The molecule has 0 aromatic carbocycles. The topological polar surface area (TPSA) is 55.1 Å². The first-order chi connectivity index (χ1) is 7.72. The minimum Gasteiger partial charge on any atom is -0.330 e. The Kier molecular flexibility index (Phi) is 5.43. The molecule has 0 atom stereocenters. The van der Waals surface area contributed by atoms with Gasteiger partial charge in [0.1, 0.15) is 0 Å². The van der Waals surface area contributed by atoms with Gasteiger partial charge in [0.2, 0.25) is 5.91 Å². The number of aryl methyl sites for hydroxylation is 1. The SMILES string of the molecule is Cc1c(NC(=O)CCN)sc2c1CCCC2.Cl. The number of rotatable bonds is 3. The molecule has 0 radical (unpaired) electrons. The van der Waals surface area contributed by atoms with E-state index in [1.54, 1.807) is 11.3 Å². The highest BCUT2D eigenvalue weighted by Crippen LogP contribution is 2.37. The first-order valence-corrected chi connectivity index (χ1v) is 6.65. The fourth-order valence-corrected chi connectivity index (χ4v) is 3.48. The molecule has 96 valence electrons. The number of fused-ring (bicyclic) bond motifs is 1. The molecule has 1 amide bonds. The van der Waals surface area contributed by atoms with Gasteiger partial charge in [0.15, 0.2) is 0 Å². The van der Waals surface area contributed by atoms with E-state index in [0.29, 0.717) is 13.0 Å². The second-order valence-electron chi connectivity index (χ2n) is 4.25. The normalized spacial score (nSPS) is 13.8. The van der Waals surface area contributed by atoms with Crippen LogP contribution < -0.4 is 11.1 Å². The number of amides is 1. The molecule has 2 rings (SSSR count). The fraction of sp³-hybridized carbons (Fsp3) is 0.583. The van der Waals surface area contributed by atoms with Crippen molar-refractivity contribution >= 4 is 34.7 Å². The number of hydrogen-bond donors (Lipinski definition) is 2. The lowest BCUT2D eigenvalue weighted by Crippen LogP contribution is -2.15. The van der Waals surface area contributed by atoms with Gasteiger partial charge in [-0.25, -0.2) is 0 Å². The first-order valence-electron chi connectivity index (χ1n) is 5.83. The lowest BCUT2D eigenvalue weighted by Gasteiger charge is -2.10. The number of carbonyl (C=O) groups is 1. The van der Waals surface area contributed by atoms with Crippen LogP contribution in [0.25, 0.3) is 0 Å². The second kappa shape index (κ2) is 6.38. The minimum atomic E-state index is 0. The lowest BCUT2D eigenvalue weighted by molar-refractivity contribution is -0.116. The first kappa shape index (κ1) is 14.5. The Bertz CT molecular complexity index is 403. The van der Waals surface area contributed by atoms with Gasteiger partial charge in [-0.15, -0.1) is 23.7 Å². The molecule has 1 aliphatic carbocycles. The van der Waals surface area contributed by atoms with Crippen molar-refractivity contribution in [2.75, 3.05) is 11.9 Å². The molecule has 0 unspecified atom stereocenters. The van der Waals surface area contributed by atoms with Gasteiger partial charge < -0.3 is 11.1 Å². The van der Waals surface area contributed by atoms with Crippen LogP contribution in [0, 0.1) is 6.92 Å². The van der Waals surface area contributed by atoms with Gasteiger partial charge in [0.25, 0.3) is 0 Å². The number of halogens is 1. The summed E-state index contributed by atoms with van der Waals surface area (Å²) in [5.41, 5.74) is 8.10. The summed E-state index contributed by atoms with van der Waals surface area (Å²) in [6.45, 7) is 2.52. The number of carbonyl (C=O) groups excluding carboxylic acids is 1. The summed E-state index contributed by atoms with van der Waals surface area (Å²) in [7, 11) is 0. The van der Waals surface area contributed by atoms with Gasteiger partial charge in [-0.05, 0) is 43.7 Å². The molecule has 0 spiro atoms. The number of hydrogen-bond acceptors (Lipinski definition) is 3. The lowest BCUT2D eigenvalue weighted by atomic mass is 9.96. The quantitative estimate of drug-likeness (QED) is 0.890. The van der Waals surface area contributed by atoms with Crippen LogP contribution in [0.3, 0.4) is 0 Å². The third-order valence-corrected chi connectivity index (χ3v) is 4.37. The Morgan fingerprint density at radius 2 is 2.12 bits per heavy atom.